The quantitative estimate of drug-likeness (QED) is 0.841. The highest BCUT2D eigenvalue weighted by atomic mass is 16.5. The van der Waals surface area contributed by atoms with Crippen LogP contribution >= 0.6 is 0 Å². The number of ether oxygens (including phenoxy) is 1. The third-order valence-corrected chi connectivity index (χ3v) is 3.53. The van der Waals surface area contributed by atoms with Gasteiger partial charge in [0, 0.05) is 6.04 Å². The van der Waals surface area contributed by atoms with E-state index in [0.717, 1.165) is 18.8 Å². The van der Waals surface area contributed by atoms with Crippen molar-refractivity contribution in [2.45, 2.75) is 12.5 Å². The number of nitrogens with two attached hydrogens (primary N) is 1. The lowest BCUT2D eigenvalue weighted by molar-refractivity contribution is 0.279. The van der Waals surface area contributed by atoms with Crippen LogP contribution in [0, 0.1) is 5.92 Å². The first-order valence-electron chi connectivity index (χ1n) is 5.80. The van der Waals surface area contributed by atoms with Crippen LogP contribution in [0.2, 0.25) is 0 Å². The number of nitrogens with zero attached hydrogens (tertiary/aromatic N) is 1. The summed E-state index contributed by atoms with van der Waals surface area (Å²) in [5, 5.41) is 0. The van der Waals surface area contributed by atoms with Crippen LogP contribution < -0.4 is 10.5 Å². The van der Waals surface area contributed by atoms with Crippen LogP contribution in [0.25, 0.3) is 0 Å². The third kappa shape index (κ3) is 2.06. The van der Waals surface area contributed by atoms with Gasteiger partial charge in [0.05, 0.1) is 7.11 Å². The van der Waals surface area contributed by atoms with E-state index in [2.05, 4.69) is 24.1 Å². The Kier molecular flexibility index (Phi) is 3.46. The molecule has 0 aliphatic carbocycles. The summed E-state index contributed by atoms with van der Waals surface area (Å²) >= 11 is 0. The molecule has 16 heavy (non-hydrogen) atoms. The van der Waals surface area contributed by atoms with E-state index >= 15 is 0 Å². The van der Waals surface area contributed by atoms with Crippen molar-refractivity contribution in [1.29, 1.82) is 0 Å². The van der Waals surface area contributed by atoms with Crippen molar-refractivity contribution in [2.24, 2.45) is 11.7 Å². The highest BCUT2D eigenvalue weighted by molar-refractivity contribution is 5.30. The molecule has 0 aromatic heterocycles. The maximum Gasteiger partial charge on any atom is 0.118 e. The molecule has 0 saturated carbocycles. The van der Waals surface area contributed by atoms with Crippen molar-refractivity contribution < 1.29 is 4.74 Å². The van der Waals surface area contributed by atoms with Crippen molar-refractivity contribution in [3.05, 3.63) is 29.8 Å². The Balaban J connectivity index is 2.21. The number of methoxy groups -OCH3 is 1. The minimum atomic E-state index is 0.468. The second kappa shape index (κ2) is 4.85. The van der Waals surface area contributed by atoms with Crippen molar-refractivity contribution in [3.8, 4) is 5.75 Å². The first-order valence-corrected chi connectivity index (χ1v) is 5.80. The lowest BCUT2D eigenvalue weighted by Gasteiger charge is -2.24. The number of rotatable bonds is 3. The van der Waals surface area contributed by atoms with Crippen LogP contribution in [0.3, 0.4) is 0 Å². The Morgan fingerprint density at radius 3 is 2.62 bits per heavy atom. The summed E-state index contributed by atoms with van der Waals surface area (Å²) in [5.74, 6) is 1.49. The molecule has 3 nitrogen and oxygen atoms in total. The fraction of sp³-hybridized carbons (Fsp3) is 0.538. The van der Waals surface area contributed by atoms with E-state index in [0.29, 0.717) is 12.0 Å². The fourth-order valence-corrected chi connectivity index (χ4v) is 2.60. The monoisotopic (exact) mass is 220 g/mol. The Bertz CT molecular complexity index is 336. The first kappa shape index (κ1) is 11.4. The maximum atomic E-state index is 5.83. The minimum Gasteiger partial charge on any atom is -0.497 e. The van der Waals surface area contributed by atoms with Gasteiger partial charge >= 0.3 is 0 Å². The Labute approximate surface area is 97.2 Å². The Morgan fingerprint density at radius 1 is 1.38 bits per heavy atom. The van der Waals surface area contributed by atoms with E-state index in [4.69, 9.17) is 10.5 Å². The van der Waals surface area contributed by atoms with Gasteiger partial charge in [0.2, 0.25) is 0 Å². The van der Waals surface area contributed by atoms with Gasteiger partial charge in [-0.05, 0) is 50.2 Å². The van der Waals surface area contributed by atoms with Gasteiger partial charge in [-0.25, -0.2) is 0 Å². The van der Waals surface area contributed by atoms with E-state index in [1.807, 2.05) is 12.1 Å². The highest BCUT2D eigenvalue weighted by Crippen LogP contribution is 2.35. The summed E-state index contributed by atoms with van der Waals surface area (Å²) in [6.45, 7) is 1.90. The molecule has 2 rings (SSSR count). The number of benzene rings is 1. The zero-order valence-corrected chi connectivity index (χ0v) is 10.0. The molecular weight excluding hydrogens is 200 g/mol. The van der Waals surface area contributed by atoms with Crippen molar-refractivity contribution in [2.75, 3.05) is 27.2 Å². The SMILES string of the molecule is COc1ccc([C@@H]2[C@@H](CN)CCN2C)cc1. The van der Waals surface area contributed by atoms with Gasteiger partial charge in [0.25, 0.3) is 0 Å². The van der Waals surface area contributed by atoms with Crippen molar-refractivity contribution in [1.82, 2.24) is 4.90 Å². The van der Waals surface area contributed by atoms with E-state index in [-0.39, 0.29) is 0 Å². The summed E-state index contributed by atoms with van der Waals surface area (Å²) in [4.78, 5) is 2.39. The van der Waals surface area contributed by atoms with Gasteiger partial charge in [0.15, 0.2) is 0 Å². The molecule has 1 heterocycles. The molecule has 2 atom stereocenters. The predicted molar refractivity (Wildman–Crippen MR) is 65.5 cm³/mol. The largest absolute Gasteiger partial charge is 0.497 e. The second-order valence-electron chi connectivity index (χ2n) is 4.48. The topological polar surface area (TPSA) is 38.5 Å². The van der Waals surface area contributed by atoms with E-state index in [9.17, 15) is 0 Å². The van der Waals surface area contributed by atoms with Gasteiger partial charge in [-0.1, -0.05) is 12.1 Å². The first-order chi connectivity index (χ1) is 7.76. The number of likely N-dealkylation sites (tertiary alicyclic amines) is 1. The van der Waals surface area contributed by atoms with E-state index in [1.54, 1.807) is 7.11 Å². The molecule has 1 fully saturated rings. The molecule has 3 heteroatoms. The van der Waals surface area contributed by atoms with Gasteiger partial charge in [-0.2, -0.15) is 0 Å². The molecular formula is C13H20N2O. The average Bonchev–Trinajstić information content (AvgIpc) is 2.70. The van der Waals surface area contributed by atoms with Gasteiger partial charge in [-0.15, -0.1) is 0 Å². The molecule has 1 aromatic carbocycles. The summed E-state index contributed by atoms with van der Waals surface area (Å²) in [6.07, 6.45) is 1.20. The zero-order valence-electron chi connectivity index (χ0n) is 10.0. The smallest absolute Gasteiger partial charge is 0.118 e. The molecule has 0 bridgehead atoms. The van der Waals surface area contributed by atoms with E-state index < -0.39 is 0 Å². The molecule has 2 N–H and O–H groups in total. The van der Waals surface area contributed by atoms with Crippen molar-refractivity contribution in [3.63, 3.8) is 0 Å². The summed E-state index contributed by atoms with van der Waals surface area (Å²) in [6, 6.07) is 8.81. The van der Waals surface area contributed by atoms with Crippen LogP contribution in [0.15, 0.2) is 24.3 Å². The van der Waals surface area contributed by atoms with Gasteiger partial charge in [0.1, 0.15) is 5.75 Å². The zero-order chi connectivity index (χ0) is 11.5. The van der Waals surface area contributed by atoms with Gasteiger partial charge < -0.3 is 10.5 Å². The van der Waals surface area contributed by atoms with Crippen LogP contribution in [-0.2, 0) is 0 Å². The average molecular weight is 220 g/mol. The second-order valence-corrected chi connectivity index (χ2v) is 4.48. The van der Waals surface area contributed by atoms with Crippen LogP contribution in [-0.4, -0.2) is 32.1 Å². The minimum absolute atomic E-state index is 0.468. The third-order valence-electron chi connectivity index (χ3n) is 3.53. The maximum absolute atomic E-state index is 5.83. The predicted octanol–water partition coefficient (Wildman–Crippen LogP) is 1.65. The van der Waals surface area contributed by atoms with Crippen LogP contribution in [0.5, 0.6) is 5.75 Å². The molecule has 1 aliphatic rings. The van der Waals surface area contributed by atoms with Crippen LogP contribution in [0.4, 0.5) is 0 Å². The normalized spacial score (nSPS) is 25.9. The molecule has 1 saturated heterocycles. The number of hydrogen-bond donors (Lipinski definition) is 1. The molecule has 0 amide bonds. The summed E-state index contributed by atoms with van der Waals surface area (Å²) < 4.78 is 5.17. The highest BCUT2D eigenvalue weighted by Gasteiger charge is 2.31. The Hall–Kier alpha value is -1.06. The molecule has 0 spiro atoms. The summed E-state index contributed by atoms with van der Waals surface area (Å²) in [7, 11) is 3.87. The lowest BCUT2D eigenvalue weighted by atomic mass is 9.94. The molecule has 0 radical (unpaired) electrons. The standard InChI is InChI=1S/C13H20N2O/c1-15-8-7-11(9-14)13(15)10-3-5-12(16-2)6-4-10/h3-6,11,13H,7-9,14H2,1-2H3/t11-,13-/m1/s1. The van der Waals surface area contributed by atoms with Gasteiger partial charge in [-0.3, -0.25) is 4.90 Å². The molecule has 1 aromatic rings. The molecule has 0 unspecified atom stereocenters. The Morgan fingerprint density at radius 2 is 2.06 bits per heavy atom. The van der Waals surface area contributed by atoms with Crippen LogP contribution in [0.1, 0.15) is 18.0 Å². The number of hydrogen-bond acceptors (Lipinski definition) is 3. The molecule has 1 aliphatic heterocycles. The van der Waals surface area contributed by atoms with Crippen molar-refractivity contribution >= 4 is 0 Å². The fourth-order valence-electron chi connectivity index (χ4n) is 2.60. The van der Waals surface area contributed by atoms with E-state index in [1.165, 1.54) is 12.0 Å². The summed E-state index contributed by atoms with van der Waals surface area (Å²) in [5.41, 5.74) is 7.17. The molecule has 88 valence electrons. The lowest BCUT2D eigenvalue weighted by Crippen LogP contribution is -2.25.